The van der Waals surface area contributed by atoms with Gasteiger partial charge in [-0.15, -0.1) is 0 Å². The maximum atomic E-state index is 5.96. The summed E-state index contributed by atoms with van der Waals surface area (Å²) in [6, 6.07) is 15.5. The van der Waals surface area contributed by atoms with Crippen LogP contribution in [0.25, 0.3) is 0 Å². The Bertz CT molecular complexity index is 485. The second-order valence-electron chi connectivity index (χ2n) is 3.59. The van der Waals surface area contributed by atoms with Crippen molar-refractivity contribution in [2.24, 2.45) is 0 Å². The number of thiol groups is 1. The quantitative estimate of drug-likeness (QED) is 0.612. The lowest BCUT2D eigenvalue weighted by molar-refractivity contribution is 1.17. The van der Waals surface area contributed by atoms with Crippen LogP contribution in [0, 0.1) is 0 Å². The lowest BCUT2D eigenvalue weighted by atomic mass is 10.0. The number of nitrogens with two attached hydrogens (primary N) is 1. The Labute approximate surface area is 106 Å². The van der Waals surface area contributed by atoms with Gasteiger partial charge in [0.25, 0.3) is 0 Å². The van der Waals surface area contributed by atoms with E-state index >= 15 is 0 Å². The van der Waals surface area contributed by atoms with Crippen LogP contribution in [0.2, 0.25) is 5.02 Å². The first kappa shape index (κ1) is 11.4. The van der Waals surface area contributed by atoms with E-state index in [1.807, 2.05) is 42.5 Å². The maximum absolute atomic E-state index is 5.96. The Balaban J connectivity index is 2.41. The van der Waals surface area contributed by atoms with Gasteiger partial charge in [0.15, 0.2) is 0 Å². The van der Waals surface area contributed by atoms with E-state index in [1.165, 1.54) is 0 Å². The van der Waals surface area contributed by atoms with Gasteiger partial charge in [-0.3, -0.25) is 0 Å². The molecule has 0 aliphatic carbocycles. The highest BCUT2D eigenvalue weighted by Gasteiger charge is 2.12. The van der Waals surface area contributed by atoms with E-state index in [0.717, 1.165) is 11.1 Å². The van der Waals surface area contributed by atoms with Crippen molar-refractivity contribution in [2.75, 3.05) is 5.73 Å². The average Bonchev–Trinajstić information content (AvgIpc) is 2.32. The number of anilines is 1. The average molecular weight is 250 g/mol. The number of hydrogen-bond donors (Lipinski definition) is 2. The predicted molar refractivity (Wildman–Crippen MR) is 73.1 cm³/mol. The van der Waals surface area contributed by atoms with Crippen LogP contribution < -0.4 is 5.73 Å². The molecule has 3 heteroatoms. The number of rotatable bonds is 2. The van der Waals surface area contributed by atoms with Crippen LogP contribution in [0.4, 0.5) is 5.69 Å². The Kier molecular flexibility index (Phi) is 3.42. The Morgan fingerprint density at radius 2 is 1.75 bits per heavy atom. The van der Waals surface area contributed by atoms with E-state index in [1.54, 1.807) is 6.07 Å². The number of nitrogen functional groups attached to an aromatic ring is 1. The third-order valence-corrected chi connectivity index (χ3v) is 3.27. The molecule has 0 spiro atoms. The third-order valence-electron chi connectivity index (χ3n) is 2.46. The molecule has 0 fully saturated rings. The molecule has 82 valence electrons. The summed E-state index contributed by atoms with van der Waals surface area (Å²) in [5.74, 6) is 0. The van der Waals surface area contributed by atoms with Crippen LogP contribution in [0.1, 0.15) is 16.4 Å². The number of hydrogen-bond acceptors (Lipinski definition) is 2. The van der Waals surface area contributed by atoms with Gasteiger partial charge in [0.05, 0.1) is 5.25 Å². The van der Waals surface area contributed by atoms with Crippen LogP contribution in [-0.4, -0.2) is 0 Å². The Morgan fingerprint density at radius 3 is 2.44 bits per heavy atom. The number of halogens is 1. The molecule has 0 radical (unpaired) electrons. The molecule has 16 heavy (non-hydrogen) atoms. The van der Waals surface area contributed by atoms with Gasteiger partial charge in [0.2, 0.25) is 0 Å². The summed E-state index contributed by atoms with van der Waals surface area (Å²) in [7, 11) is 0. The van der Waals surface area contributed by atoms with Gasteiger partial charge < -0.3 is 5.73 Å². The minimum absolute atomic E-state index is 0.0418. The zero-order valence-electron chi connectivity index (χ0n) is 8.60. The van der Waals surface area contributed by atoms with Crippen molar-refractivity contribution in [3.05, 3.63) is 64.7 Å². The van der Waals surface area contributed by atoms with Crippen molar-refractivity contribution < 1.29 is 0 Å². The molecule has 0 saturated carbocycles. The molecule has 2 aromatic carbocycles. The largest absolute Gasteiger partial charge is 0.398 e. The summed E-state index contributed by atoms with van der Waals surface area (Å²) in [5, 5.41) is 0.638. The summed E-state index contributed by atoms with van der Waals surface area (Å²) in [6.45, 7) is 0. The molecule has 2 aromatic rings. The fourth-order valence-corrected chi connectivity index (χ4v) is 2.17. The molecule has 0 aliphatic heterocycles. The molecule has 0 saturated heterocycles. The molecule has 0 aromatic heterocycles. The van der Waals surface area contributed by atoms with Gasteiger partial charge in [-0.25, -0.2) is 0 Å². The molecule has 1 unspecified atom stereocenters. The van der Waals surface area contributed by atoms with E-state index < -0.39 is 0 Å². The summed E-state index contributed by atoms with van der Waals surface area (Å²) in [5.41, 5.74) is 8.69. The van der Waals surface area contributed by atoms with Crippen LogP contribution >= 0.6 is 24.2 Å². The van der Waals surface area contributed by atoms with E-state index in [9.17, 15) is 0 Å². The van der Waals surface area contributed by atoms with Crippen LogP contribution in [-0.2, 0) is 0 Å². The van der Waals surface area contributed by atoms with Crippen molar-refractivity contribution in [3.8, 4) is 0 Å². The van der Waals surface area contributed by atoms with Crippen molar-refractivity contribution in [3.63, 3.8) is 0 Å². The zero-order valence-corrected chi connectivity index (χ0v) is 10.2. The summed E-state index contributed by atoms with van der Waals surface area (Å²) < 4.78 is 0. The first-order valence-corrected chi connectivity index (χ1v) is 5.86. The summed E-state index contributed by atoms with van der Waals surface area (Å²) >= 11 is 10.5. The minimum atomic E-state index is -0.0418. The van der Waals surface area contributed by atoms with Gasteiger partial charge in [-0.1, -0.05) is 41.9 Å². The molecule has 0 aliphatic rings. The highest BCUT2D eigenvalue weighted by Crippen LogP contribution is 2.33. The molecule has 0 bridgehead atoms. The molecule has 2 N–H and O–H groups in total. The topological polar surface area (TPSA) is 26.0 Å². The van der Waals surface area contributed by atoms with Gasteiger partial charge >= 0.3 is 0 Å². The second kappa shape index (κ2) is 4.81. The zero-order chi connectivity index (χ0) is 11.5. The summed E-state index contributed by atoms with van der Waals surface area (Å²) in [4.78, 5) is 0. The van der Waals surface area contributed by atoms with Gasteiger partial charge in [0, 0.05) is 10.7 Å². The standard InChI is InChI=1S/C13H12ClNS/c14-10-6-7-12(15)11(8-10)13(16)9-4-2-1-3-5-9/h1-8,13,16H,15H2. The van der Waals surface area contributed by atoms with Crippen LogP contribution in [0.5, 0.6) is 0 Å². The van der Waals surface area contributed by atoms with Crippen molar-refractivity contribution in [2.45, 2.75) is 5.25 Å². The molecule has 1 nitrogen and oxygen atoms in total. The van der Waals surface area contributed by atoms with Crippen LogP contribution in [0.15, 0.2) is 48.5 Å². The van der Waals surface area contributed by atoms with Crippen molar-refractivity contribution in [1.29, 1.82) is 0 Å². The highest BCUT2D eigenvalue weighted by molar-refractivity contribution is 7.80. The second-order valence-corrected chi connectivity index (χ2v) is 4.54. The monoisotopic (exact) mass is 249 g/mol. The smallest absolute Gasteiger partial charge is 0.0537 e. The van der Waals surface area contributed by atoms with E-state index in [-0.39, 0.29) is 5.25 Å². The fourth-order valence-electron chi connectivity index (χ4n) is 1.60. The van der Waals surface area contributed by atoms with E-state index in [4.69, 9.17) is 17.3 Å². The van der Waals surface area contributed by atoms with Gasteiger partial charge in [0.1, 0.15) is 0 Å². The maximum Gasteiger partial charge on any atom is 0.0537 e. The molecular formula is C13H12ClNS. The fraction of sp³-hybridized carbons (Fsp3) is 0.0769. The van der Waals surface area contributed by atoms with Gasteiger partial charge in [-0.05, 0) is 29.3 Å². The van der Waals surface area contributed by atoms with Crippen LogP contribution in [0.3, 0.4) is 0 Å². The molecule has 2 rings (SSSR count). The highest BCUT2D eigenvalue weighted by atomic mass is 35.5. The first-order chi connectivity index (χ1) is 7.68. The van der Waals surface area contributed by atoms with E-state index in [2.05, 4.69) is 12.6 Å². The third kappa shape index (κ3) is 2.34. The molecule has 1 atom stereocenters. The minimum Gasteiger partial charge on any atom is -0.398 e. The SMILES string of the molecule is Nc1ccc(Cl)cc1C(S)c1ccccc1. The first-order valence-electron chi connectivity index (χ1n) is 4.96. The van der Waals surface area contributed by atoms with E-state index in [0.29, 0.717) is 10.7 Å². The Morgan fingerprint density at radius 1 is 1.06 bits per heavy atom. The molecular weight excluding hydrogens is 238 g/mol. The number of benzene rings is 2. The molecule has 0 amide bonds. The lowest BCUT2D eigenvalue weighted by Gasteiger charge is -2.14. The lowest BCUT2D eigenvalue weighted by Crippen LogP contribution is -1.98. The predicted octanol–water partition coefficient (Wildman–Crippen LogP) is 3.94. The summed E-state index contributed by atoms with van der Waals surface area (Å²) in [6.07, 6.45) is 0. The van der Waals surface area contributed by atoms with Crippen molar-refractivity contribution >= 4 is 29.9 Å². The normalized spacial score (nSPS) is 12.4. The Hall–Kier alpha value is -1.12. The van der Waals surface area contributed by atoms with Gasteiger partial charge in [-0.2, -0.15) is 12.6 Å². The molecule has 0 heterocycles. The van der Waals surface area contributed by atoms with Crippen molar-refractivity contribution in [1.82, 2.24) is 0 Å².